The van der Waals surface area contributed by atoms with Gasteiger partial charge in [0, 0.05) is 24.6 Å². The largest absolute Gasteiger partial charge is 0.416 e. The molecular formula is C21H21F3N4O3. The lowest BCUT2D eigenvalue weighted by Gasteiger charge is -2.11. The fourth-order valence-corrected chi connectivity index (χ4v) is 3.06. The summed E-state index contributed by atoms with van der Waals surface area (Å²) in [5.41, 5.74) is 0.0905. The smallest absolute Gasteiger partial charge is 0.354 e. The number of amides is 2. The summed E-state index contributed by atoms with van der Waals surface area (Å²) >= 11 is 0. The summed E-state index contributed by atoms with van der Waals surface area (Å²) in [6.07, 6.45) is -4.43. The van der Waals surface area contributed by atoms with Gasteiger partial charge < -0.3 is 15.2 Å². The molecule has 3 rings (SSSR count). The number of aromatic nitrogens is 2. The van der Waals surface area contributed by atoms with Gasteiger partial charge in [0.1, 0.15) is 0 Å². The maximum Gasteiger partial charge on any atom is 0.416 e. The summed E-state index contributed by atoms with van der Waals surface area (Å²) in [6.45, 7) is 5.37. The summed E-state index contributed by atoms with van der Waals surface area (Å²) in [4.78, 5) is 28.8. The number of carbonyl (C=O) groups is 2. The van der Waals surface area contributed by atoms with Crippen LogP contribution in [0.2, 0.25) is 0 Å². The predicted molar refractivity (Wildman–Crippen MR) is 107 cm³/mol. The van der Waals surface area contributed by atoms with Crippen molar-refractivity contribution in [3.63, 3.8) is 0 Å². The van der Waals surface area contributed by atoms with Crippen LogP contribution < -0.4 is 10.6 Å². The molecule has 0 aliphatic heterocycles. The minimum atomic E-state index is -4.51. The highest BCUT2D eigenvalue weighted by Gasteiger charge is 2.30. The fraction of sp³-hybridized carbons (Fsp3) is 0.333. The Morgan fingerprint density at radius 1 is 1.19 bits per heavy atom. The number of nitrogens with one attached hydrogen (secondary N) is 2. The van der Waals surface area contributed by atoms with Crippen LogP contribution in [-0.2, 0) is 11.0 Å². The number of nitrogens with zero attached hydrogens (tertiary/aromatic N) is 2. The second-order valence-corrected chi connectivity index (χ2v) is 7.31. The number of halogens is 3. The van der Waals surface area contributed by atoms with Gasteiger partial charge in [0.2, 0.25) is 5.91 Å². The molecular weight excluding hydrogens is 413 g/mol. The molecule has 0 aliphatic carbocycles. The van der Waals surface area contributed by atoms with Crippen LogP contribution in [0.3, 0.4) is 0 Å². The molecule has 0 aliphatic rings. The Hall–Kier alpha value is -3.43. The Bertz CT molecular complexity index is 1120. The molecule has 2 N–H and O–H groups in total. The molecule has 2 aromatic heterocycles. The van der Waals surface area contributed by atoms with Crippen molar-refractivity contribution in [1.29, 1.82) is 0 Å². The van der Waals surface area contributed by atoms with Crippen LogP contribution in [0.1, 0.15) is 41.9 Å². The Balaban J connectivity index is 1.92. The average molecular weight is 434 g/mol. The molecule has 0 atom stereocenters. The van der Waals surface area contributed by atoms with E-state index in [9.17, 15) is 22.8 Å². The number of aryl methyl sites for hydroxylation is 1. The number of pyridine rings is 1. The summed E-state index contributed by atoms with van der Waals surface area (Å²) in [5.74, 6) is -0.717. The minimum Gasteiger partial charge on any atom is -0.354 e. The van der Waals surface area contributed by atoms with Crippen molar-refractivity contribution in [3.05, 3.63) is 47.2 Å². The molecule has 2 amide bonds. The first-order valence-electron chi connectivity index (χ1n) is 9.58. The Morgan fingerprint density at radius 3 is 2.61 bits per heavy atom. The van der Waals surface area contributed by atoms with E-state index in [1.807, 2.05) is 13.8 Å². The van der Waals surface area contributed by atoms with E-state index < -0.39 is 17.6 Å². The van der Waals surface area contributed by atoms with Gasteiger partial charge in [0.25, 0.3) is 11.6 Å². The van der Waals surface area contributed by atoms with Crippen molar-refractivity contribution in [3.8, 4) is 11.3 Å². The highest BCUT2D eigenvalue weighted by atomic mass is 19.4. The van der Waals surface area contributed by atoms with Gasteiger partial charge >= 0.3 is 6.18 Å². The van der Waals surface area contributed by atoms with Crippen LogP contribution in [0.15, 0.2) is 34.9 Å². The van der Waals surface area contributed by atoms with Crippen molar-refractivity contribution >= 4 is 22.9 Å². The van der Waals surface area contributed by atoms with E-state index in [4.69, 9.17) is 4.52 Å². The molecule has 0 fully saturated rings. The lowest BCUT2D eigenvalue weighted by molar-refractivity contribution is -0.137. The molecule has 0 unspecified atom stereocenters. The van der Waals surface area contributed by atoms with Gasteiger partial charge in [0.05, 0.1) is 27.9 Å². The topological polar surface area (TPSA) is 97.1 Å². The first-order valence-corrected chi connectivity index (χ1v) is 9.58. The second-order valence-electron chi connectivity index (χ2n) is 7.31. The van der Waals surface area contributed by atoms with Crippen LogP contribution in [0.25, 0.3) is 22.4 Å². The third-order valence-electron chi connectivity index (χ3n) is 4.43. The van der Waals surface area contributed by atoms with Crippen molar-refractivity contribution in [1.82, 2.24) is 20.8 Å². The number of carbonyl (C=O) groups excluding carboxylic acids is 2. The van der Waals surface area contributed by atoms with E-state index in [1.165, 1.54) is 18.2 Å². The van der Waals surface area contributed by atoms with Crippen LogP contribution in [-0.4, -0.2) is 34.5 Å². The van der Waals surface area contributed by atoms with Gasteiger partial charge in [-0.1, -0.05) is 17.3 Å². The van der Waals surface area contributed by atoms with E-state index in [-0.39, 0.29) is 47.4 Å². The first-order chi connectivity index (χ1) is 14.6. The van der Waals surface area contributed by atoms with E-state index in [1.54, 1.807) is 6.92 Å². The van der Waals surface area contributed by atoms with Crippen molar-refractivity contribution in [2.75, 3.05) is 6.54 Å². The van der Waals surface area contributed by atoms with Gasteiger partial charge in [-0.25, -0.2) is 4.98 Å². The standard InChI is InChI=1S/C21H21F3N4O3/c1-11(2)26-17(29)7-8-25-19(30)15-10-16(27-20-18(15)12(3)28-31-20)13-5-4-6-14(9-13)21(22,23)24/h4-6,9-11H,7-8H2,1-3H3,(H,25,30)(H,26,29). The lowest BCUT2D eigenvalue weighted by Crippen LogP contribution is -2.34. The average Bonchev–Trinajstić information content (AvgIpc) is 3.07. The molecule has 1 aromatic carbocycles. The highest BCUT2D eigenvalue weighted by Crippen LogP contribution is 2.33. The molecule has 0 radical (unpaired) electrons. The Kier molecular flexibility index (Phi) is 6.28. The maximum atomic E-state index is 13.1. The van der Waals surface area contributed by atoms with E-state index in [2.05, 4.69) is 20.8 Å². The quantitative estimate of drug-likeness (QED) is 0.614. The molecule has 164 valence electrons. The molecule has 31 heavy (non-hydrogen) atoms. The second kappa shape index (κ2) is 8.75. The normalized spacial score (nSPS) is 11.7. The fourth-order valence-electron chi connectivity index (χ4n) is 3.06. The maximum absolute atomic E-state index is 13.1. The Labute approximate surface area is 176 Å². The molecule has 10 heteroatoms. The molecule has 3 aromatic rings. The van der Waals surface area contributed by atoms with Gasteiger partial charge in [-0.2, -0.15) is 13.2 Å². The van der Waals surface area contributed by atoms with Crippen molar-refractivity contribution in [2.45, 2.75) is 39.4 Å². The zero-order valence-electron chi connectivity index (χ0n) is 17.1. The SMILES string of the molecule is Cc1noc2nc(-c3cccc(C(F)(F)F)c3)cc(C(=O)NCCC(=O)NC(C)C)c12. The van der Waals surface area contributed by atoms with E-state index in [0.29, 0.717) is 11.1 Å². The molecule has 2 heterocycles. The van der Waals surface area contributed by atoms with Gasteiger partial charge in [-0.15, -0.1) is 0 Å². The molecule has 7 nitrogen and oxygen atoms in total. The summed E-state index contributed by atoms with van der Waals surface area (Å²) in [7, 11) is 0. The zero-order chi connectivity index (χ0) is 22.8. The number of benzene rings is 1. The van der Waals surface area contributed by atoms with Crippen LogP contribution in [0.4, 0.5) is 13.2 Å². The minimum absolute atomic E-state index is 0.0160. The van der Waals surface area contributed by atoms with E-state index in [0.717, 1.165) is 12.1 Å². The van der Waals surface area contributed by atoms with Crippen molar-refractivity contribution in [2.24, 2.45) is 0 Å². The zero-order valence-corrected chi connectivity index (χ0v) is 17.1. The summed E-state index contributed by atoms with van der Waals surface area (Å²) < 4.78 is 44.4. The summed E-state index contributed by atoms with van der Waals surface area (Å²) in [6, 6.07) is 6.02. The number of hydrogen-bond donors (Lipinski definition) is 2. The first kappa shape index (κ1) is 22.3. The molecule has 0 spiro atoms. The number of fused-ring (bicyclic) bond motifs is 1. The summed E-state index contributed by atoms with van der Waals surface area (Å²) in [5, 5.41) is 9.54. The lowest BCUT2D eigenvalue weighted by atomic mass is 10.0. The van der Waals surface area contributed by atoms with Gasteiger partial charge in [-0.05, 0) is 39.0 Å². The Morgan fingerprint density at radius 2 is 1.94 bits per heavy atom. The number of rotatable bonds is 6. The van der Waals surface area contributed by atoms with E-state index >= 15 is 0 Å². The van der Waals surface area contributed by atoms with Crippen LogP contribution >= 0.6 is 0 Å². The third kappa shape index (κ3) is 5.19. The van der Waals surface area contributed by atoms with Crippen molar-refractivity contribution < 1.29 is 27.3 Å². The molecule has 0 bridgehead atoms. The van der Waals surface area contributed by atoms with Gasteiger partial charge in [-0.3, -0.25) is 9.59 Å². The van der Waals surface area contributed by atoms with Gasteiger partial charge in [0.15, 0.2) is 0 Å². The molecule has 0 saturated carbocycles. The van der Waals surface area contributed by atoms with Crippen LogP contribution in [0, 0.1) is 6.92 Å². The monoisotopic (exact) mass is 434 g/mol. The molecule has 0 saturated heterocycles. The predicted octanol–water partition coefficient (Wildman–Crippen LogP) is 3.86. The third-order valence-corrected chi connectivity index (χ3v) is 4.43. The number of alkyl halides is 3. The number of hydrogen-bond acceptors (Lipinski definition) is 5. The van der Waals surface area contributed by atoms with Crippen LogP contribution in [0.5, 0.6) is 0 Å². The highest BCUT2D eigenvalue weighted by molar-refractivity contribution is 6.07.